The molecule has 0 aliphatic carbocycles. The molecule has 0 aliphatic rings. The van der Waals surface area contributed by atoms with Gasteiger partial charge < -0.3 is 15.0 Å². The molecule has 0 aliphatic heterocycles. The molecule has 0 aromatic heterocycles. The zero-order valence-electron chi connectivity index (χ0n) is 24.9. The van der Waals surface area contributed by atoms with Crippen molar-refractivity contribution in [1.82, 2.24) is 10.2 Å². The molecule has 0 heterocycles. The number of anilines is 1. The van der Waals surface area contributed by atoms with E-state index in [-0.39, 0.29) is 29.1 Å². The van der Waals surface area contributed by atoms with Gasteiger partial charge in [-0.15, -0.1) is 11.8 Å². The predicted molar refractivity (Wildman–Crippen MR) is 169 cm³/mol. The van der Waals surface area contributed by atoms with Gasteiger partial charge in [-0.3, -0.25) is 13.9 Å². The van der Waals surface area contributed by atoms with Crippen LogP contribution in [-0.4, -0.2) is 56.6 Å². The van der Waals surface area contributed by atoms with Crippen LogP contribution in [0.15, 0.2) is 88.7 Å². The van der Waals surface area contributed by atoms with Gasteiger partial charge in [0, 0.05) is 17.5 Å². The first-order valence-electron chi connectivity index (χ1n) is 14.2. The van der Waals surface area contributed by atoms with Crippen molar-refractivity contribution in [3.05, 3.63) is 84.4 Å². The van der Waals surface area contributed by atoms with E-state index in [0.717, 1.165) is 21.2 Å². The fraction of sp³-hybridized carbons (Fsp3) is 0.375. The van der Waals surface area contributed by atoms with Crippen molar-refractivity contribution in [3.63, 3.8) is 0 Å². The quantitative estimate of drug-likeness (QED) is 0.221. The van der Waals surface area contributed by atoms with Crippen LogP contribution in [0.2, 0.25) is 0 Å². The number of hydrogen-bond donors (Lipinski definition) is 1. The Morgan fingerprint density at radius 1 is 0.905 bits per heavy atom. The summed E-state index contributed by atoms with van der Waals surface area (Å²) in [5.74, 6) is -0.429. The number of rotatable bonds is 15. The normalized spacial score (nSPS) is 12.7. The van der Waals surface area contributed by atoms with Crippen molar-refractivity contribution < 1.29 is 22.7 Å². The Hall–Kier alpha value is -3.50. The molecule has 0 radical (unpaired) electrons. The molecular weight excluding hydrogens is 571 g/mol. The third kappa shape index (κ3) is 8.29. The second kappa shape index (κ2) is 15.7. The highest BCUT2D eigenvalue weighted by molar-refractivity contribution is 7.98. The lowest BCUT2D eigenvalue weighted by Gasteiger charge is -2.34. The SMILES string of the molecule is CCOc1ccccc1N(CC(=O)N(Cc1ccccc1)C(CC)C(=O)NC(C)CC)S(=O)(=O)c1ccc(SC)cc1. The highest BCUT2D eigenvalue weighted by Gasteiger charge is 2.35. The Kier molecular flexibility index (Phi) is 12.3. The smallest absolute Gasteiger partial charge is 0.264 e. The second-order valence-electron chi connectivity index (χ2n) is 9.84. The summed E-state index contributed by atoms with van der Waals surface area (Å²) in [6.45, 7) is 7.49. The maximum absolute atomic E-state index is 14.2. The maximum Gasteiger partial charge on any atom is 0.264 e. The molecule has 10 heteroatoms. The fourth-order valence-corrected chi connectivity index (χ4v) is 6.30. The Morgan fingerprint density at radius 3 is 2.14 bits per heavy atom. The van der Waals surface area contributed by atoms with Gasteiger partial charge in [0.15, 0.2) is 0 Å². The maximum atomic E-state index is 14.2. The van der Waals surface area contributed by atoms with E-state index in [1.165, 1.54) is 28.8 Å². The average Bonchev–Trinajstić information content (AvgIpc) is 3.00. The van der Waals surface area contributed by atoms with Gasteiger partial charge >= 0.3 is 0 Å². The van der Waals surface area contributed by atoms with Crippen LogP contribution in [-0.2, 0) is 26.2 Å². The van der Waals surface area contributed by atoms with Gasteiger partial charge in [-0.25, -0.2) is 8.42 Å². The molecule has 0 spiro atoms. The van der Waals surface area contributed by atoms with Crippen LogP contribution in [0, 0.1) is 0 Å². The lowest BCUT2D eigenvalue weighted by Crippen LogP contribution is -2.53. The number of sulfonamides is 1. The average molecular weight is 612 g/mol. The van der Waals surface area contributed by atoms with E-state index >= 15 is 0 Å². The lowest BCUT2D eigenvalue weighted by molar-refractivity contribution is -0.140. The first-order chi connectivity index (χ1) is 20.2. The van der Waals surface area contributed by atoms with Crippen molar-refractivity contribution in [2.75, 3.05) is 23.7 Å². The van der Waals surface area contributed by atoms with Gasteiger partial charge in [-0.1, -0.05) is 56.3 Å². The predicted octanol–water partition coefficient (Wildman–Crippen LogP) is 5.72. The van der Waals surface area contributed by atoms with E-state index < -0.39 is 28.5 Å². The molecule has 1 N–H and O–H groups in total. The van der Waals surface area contributed by atoms with Gasteiger partial charge in [0.1, 0.15) is 18.3 Å². The standard InChI is InChI=1S/C32H41N3O5S2/c1-6-24(4)33-32(37)28(7-2)34(22-25-14-10-9-11-15-25)31(36)23-35(29-16-12-13-17-30(29)40-8-3)42(38,39)27-20-18-26(41-5)19-21-27/h9-21,24,28H,6-8,22-23H2,1-5H3,(H,33,37). The number of amides is 2. The summed E-state index contributed by atoms with van der Waals surface area (Å²) in [4.78, 5) is 30.1. The zero-order valence-corrected chi connectivity index (χ0v) is 26.6. The molecule has 0 fully saturated rings. The molecule has 42 heavy (non-hydrogen) atoms. The molecule has 2 amide bonds. The van der Waals surface area contributed by atoms with Gasteiger partial charge in [0.25, 0.3) is 10.0 Å². The summed E-state index contributed by atoms with van der Waals surface area (Å²) in [5, 5.41) is 2.99. The van der Waals surface area contributed by atoms with Crippen LogP contribution >= 0.6 is 11.8 Å². The molecule has 0 saturated heterocycles. The second-order valence-corrected chi connectivity index (χ2v) is 12.6. The highest BCUT2D eigenvalue weighted by Crippen LogP contribution is 2.33. The molecule has 3 rings (SSSR count). The summed E-state index contributed by atoms with van der Waals surface area (Å²) in [6.07, 6.45) is 3.01. The molecule has 8 nitrogen and oxygen atoms in total. The van der Waals surface area contributed by atoms with Crippen molar-refractivity contribution in [1.29, 1.82) is 0 Å². The molecular formula is C32H41N3O5S2. The minimum absolute atomic E-state index is 0.0515. The summed E-state index contributed by atoms with van der Waals surface area (Å²) in [7, 11) is -4.20. The highest BCUT2D eigenvalue weighted by atomic mass is 32.2. The van der Waals surface area contributed by atoms with Crippen molar-refractivity contribution in [2.45, 2.75) is 69.0 Å². The Labute approximate surface area is 254 Å². The number of nitrogens with one attached hydrogen (secondary N) is 1. The van der Waals surface area contributed by atoms with Gasteiger partial charge in [0.2, 0.25) is 11.8 Å². The molecule has 226 valence electrons. The minimum Gasteiger partial charge on any atom is -0.492 e. The van der Waals surface area contributed by atoms with Crippen LogP contribution in [0.5, 0.6) is 5.75 Å². The van der Waals surface area contributed by atoms with Crippen molar-refractivity contribution in [3.8, 4) is 5.75 Å². The number of carbonyl (C=O) groups excluding carboxylic acids is 2. The lowest BCUT2D eigenvalue weighted by atomic mass is 10.1. The van der Waals surface area contributed by atoms with Crippen molar-refractivity contribution in [2.24, 2.45) is 0 Å². The summed E-state index contributed by atoms with van der Waals surface area (Å²) in [5.41, 5.74) is 1.08. The minimum atomic E-state index is -4.20. The zero-order chi connectivity index (χ0) is 30.7. The van der Waals surface area contributed by atoms with Crippen LogP contribution < -0.4 is 14.4 Å². The van der Waals surface area contributed by atoms with E-state index in [0.29, 0.717) is 18.8 Å². The topological polar surface area (TPSA) is 96.0 Å². The number of hydrogen-bond acceptors (Lipinski definition) is 6. The Balaban J connectivity index is 2.10. The first-order valence-corrected chi connectivity index (χ1v) is 16.8. The Bertz CT molecular complexity index is 1420. The molecule has 3 aromatic carbocycles. The first kappa shape index (κ1) is 33.0. The number of carbonyl (C=O) groups is 2. The van der Waals surface area contributed by atoms with Gasteiger partial charge in [-0.2, -0.15) is 0 Å². The third-order valence-corrected chi connectivity index (χ3v) is 9.46. The number of nitrogens with zero attached hydrogens (tertiary/aromatic N) is 2. The van der Waals surface area contributed by atoms with E-state index in [2.05, 4.69) is 5.32 Å². The van der Waals surface area contributed by atoms with E-state index in [4.69, 9.17) is 4.74 Å². The van der Waals surface area contributed by atoms with Crippen LogP contribution in [0.25, 0.3) is 0 Å². The molecule has 0 bridgehead atoms. The molecule has 2 unspecified atom stereocenters. The summed E-state index contributed by atoms with van der Waals surface area (Å²) < 4.78 is 35.2. The van der Waals surface area contributed by atoms with E-state index in [1.807, 2.05) is 64.3 Å². The largest absolute Gasteiger partial charge is 0.492 e. The number of para-hydroxylation sites is 2. The summed E-state index contributed by atoms with van der Waals surface area (Å²) >= 11 is 1.50. The van der Waals surface area contributed by atoms with E-state index in [9.17, 15) is 18.0 Å². The van der Waals surface area contributed by atoms with Gasteiger partial charge in [0.05, 0.1) is 17.2 Å². The fourth-order valence-electron chi connectivity index (χ4n) is 4.47. The van der Waals surface area contributed by atoms with Crippen LogP contribution in [0.4, 0.5) is 5.69 Å². The summed E-state index contributed by atoms with van der Waals surface area (Å²) in [6, 6.07) is 21.8. The van der Waals surface area contributed by atoms with Crippen LogP contribution in [0.3, 0.4) is 0 Å². The van der Waals surface area contributed by atoms with E-state index in [1.54, 1.807) is 36.4 Å². The number of ether oxygens (including phenoxy) is 1. The van der Waals surface area contributed by atoms with Gasteiger partial charge in [-0.05, 0) is 74.9 Å². The molecule has 0 saturated carbocycles. The monoisotopic (exact) mass is 611 g/mol. The van der Waals surface area contributed by atoms with Crippen LogP contribution in [0.1, 0.15) is 46.1 Å². The third-order valence-electron chi connectivity index (χ3n) is 6.94. The number of benzene rings is 3. The van der Waals surface area contributed by atoms with Crippen molar-refractivity contribution >= 4 is 39.3 Å². The Morgan fingerprint density at radius 2 is 1.55 bits per heavy atom. The molecule has 2 atom stereocenters. The number of thioether (sulfide) groups is 1. The molecule has 3 aromatic rings.